The number of amides is 1. The molecule has 1 aliphatic heterocycles. The third kappa shape index (κ3) is 4.27. The van der Waals surface area contributed by atoms with Gasteiger partial charge >= 0.3 is 0 Å². The normalized spacial score (nSPS) is 18.7. The zero-order valence-electron chi connectivity index (χ0n) is 15.6. The zero-order valence-corrected chi connectivity index (χ0v) is 15.6. The Morgan fingerprint density at radius 3 is 3.00 bits per heavy atom. The lowest BCUT2D eigenvalue weighted by molar-refractivity contribution is 0.0940. The zero-order chi connectivity index (χ0) is 17.6. The van der Waals surface area contributed by atoms with E-state index in [1.165, 1.54) is 25.8 Å². The summed E-state index contributed by atoms with van der Waals surface area (Å²) in [5.41, 5.74) is 2.53. The van der Waals surface area contributed by atoms with Crippen LogP contribution in [-0.2, 0) is 6.54 Å². The number of hydrogen-bond acceptors (Lipinski definition) is 3. The predicted molar refractivity (Wildman–Crippen MR) is 101 cm³/mol. The average Bonchev–Trinajstić information content (AvgIpc) is 3.19. The van der Waals surface area contributed by atoms with E-state index >= 15 is 0 Å². The van der Waals surface area contributed by atoms with Crippen LogP contribution in [0.15, 0.2) is 22.8 Å². The Kier molecular flexibility index (Phi) is 6.19. The number of aryl methyl sites for hydroxylation is 1. The van der Waals surface area contributed by atoms with E-state index in [1.807, 2.05) is 12.1 Å². The molecule has 3 heterocycles. The number of carbonyl (C=O) groups excluding carboxylic acids is 1. The summed E-state index contributed by atoms with van der Waals surface area (Å²) in [5, 5.41) is 3.09. The third-order valence-electron chi connectivity index (χ3n) is 5.34. The number of likely N-dealkylation sites (tertiary alicyclic amines) is 1. The summed E-state index contributed by atoms with van der Waals surface area (Å²) in [5.74, 6) is 0.00851. The minimum absolute atomic E-state index is 0.00851. The molecule has 138 valence electrons. The van der Waals surface area contributed by atoms with Crippen LogP contribution in [0.5, 0.6) is 0 Å². The molecule has 0 bridgehead atoms. The van der Waals surface area contributed by atoms with Gasteiger partial charge in [0.1, 0.15) is 5.69 Å². The van der Waals surface area contributed by atoms with Crippen LogP contribution in [0.25, 0.3) is 11.1 Å². The van der Waals surface area contributed by atoms with E-state index in [-0.39, 0.29) is 5.91 Å². The number of hydrogen-bond donors (Lipinski definition) is 1. The molecule has 1 fully saturated rings. The first-order valence-electron chi connectivity index (χ1n) is 9.79. The number of aromatic nitrogens is 1. The molecule has 0 saturated carbocycles. The first kappa shape index (κ1) is 18.1. The van der Waals surface area contributed by atoms with Crippen molar-refractivity contribution in [1.82, 2.24) is 14.8 Å². The van der Waals surface area contributed by atoms with Crippen molar-refractivity contribution in [3.63, 3.8) is 0 Å². The summed E-state index contributed by atoms with van der Waals surface area (Å²) in [4.78, 5) is 15.2. The second-order valence-electron chi connectivity index (χ2n) is 7.20. The number of nitrogens with zero attached hydrogens (tertiary/aromatic N) is 2. The molecule has 2 aromatic rings. The number of rotatable bonds is 8. The Morgan fingerprint density at radius 2 is 2.20 bits per heavy atom. The maximum absolute atomic E-state index is 12.6. The minimum atomic E-state index is 0.00851. The second-order valence-corrected chi connectivity index (χ2v) is 7.20. The molecule has 1 atom stereocenters. The Hall–Kier alpha value is -1.75. The number of unbranched alkanes of at least 4 members (excludes halogenated alkanes) is 1. The molecule has 25 heavy (non-hydrogen) atoms. The van der Waals surface area contributed by atoms with Gasteiger partial charge in [-0.3, -0.25) is 4.79 Å². The highest BCUT2D eigenvalue weighted by Gasteiger charge is 2.19. The summed E-state index contributed by atoms with van der Waals surface area (Å²) in [6.07, 6.45) is 8.81. The number of carbonyl (C=O) groups is 1. The van der Waals surface area contributed by atoms with Gasteiger partial charge in [-0.1, -0.05) is 19.8 Å². The average molecular weight is 345 g/mol. The van der Waals surface area contributed by atoms with Gasteiger partial charge < -0.3 is 19.2 Å². The summed E-state index contributed by atoms with van der Waals surface area (Å²) in [7, 11) is 0. The Bertz CT molecular complexity index is 688. The summed E-state index contributed by atoms with van der Waals surface area (Å²) in [6.45, 7) is 8.33. The van der Waals surface area contributed by atoms with Crippen LogP contribution in [0, 0.1) is 0 Å². The highest BCUT2D eigenvalue weighted by Crippen LogP contribution is 2.22. The SMILES string of the molecule is CCCCn1c(C(=O)NCCCN2CCCCC2C)cc2occc21. The lowest BCUT2D eigenvalue weighted by Crippen LogP contribution is -2.39. The molecule has 5 heteroatoms. The fraction of sp³-hybridized carbons (Fsp3) is 0.650. The van der Waals surface area contributed by atoms with Gasteiger partial charge in [-0.15, -0.1) is 0 Å². The van der Waals surface area contributed by atoms with E-state index in [4.69, 9.17) is 4.42 Å². The third-order valence-corrected chi connectivity index (χ3v) is 5.34. The van der Waals surface area contributed by atoms with Gasteiger partial charge in [-0.2, -0.15) is 0 Å². The van der Waals surface area contributed by atoms with Crippen LogP contribution >= 0.6 is 0 Å². The first-order valence-corrected chi connectivity index (χ1v) is 9.79. The lowest BCUT2D eigenvalue weighted by atomic mass is 10.0. The van der Waals surface area contributed by atoms with Crippen LogP contribution in [0.2, 0.25) is 0 Å². The van der Waals surface area contributed by atoms with Gasteiger partial charge in [0.25, 0.3) is 5.91 Å². The summed E-state index contributed by atoms with van der Waals surface area (Å²) >= 11 is 0. The first-order chi connectivity index (χ1) is 12.2. The van der Waals surface area contributed by atoms with Crippen molar-refractivity contribution in [1.29, 1.82) is 0 Å². The molecule has 3 rings (SSSR count). The molecule has 5 nitrogen and oxygen atoms in total. The monoisotopic (exact) mass is 345 g/mol. The van der Waals surface area contributed by atoms with E-state index in [1.54, 1.807) is 6.26 Å². The lowest BCUT2D eigenvalue weighted by Gasteiger charge is -2.33. The predicted octanol–water partition coefficient (Wildman–Crippen LogP) is 4.03. The van der Waals surface area contributed by atoms with E-state index in [2.05, 4.69) is 28.6 Å². The van der Waals surface area contributed by atoms with Crippen LogP contribution in [0.3, 0.4) is 0 Å². The molecule has 0 radical (unpaired) electrons. The standard InChI is InChI=1S/C20H31N3O2/c1-3-4-13-23-17-9-14-25-19(17)15-18(23)20(24)21-10-7-12-22-11-6-5-8-16(22)2/h9,14-16H,3-8,10-13H2,1-2H3,(H,21,24). The number of furan rings is 1. The summed E-state index contributed by atoms with van der Waals surface area (Å²) < 4.78 is 7.57. The molecule has 1 saturated heterocycles. The highest BCUT2D eigenvalue weighted by atomic mass is 16.3. The largest absolute Gasteiger partial charge is 0.463 e. The van der Waals surface area contributed by atoms with E-state index in [9.17, 15) is 4.79 Å². The molecular weight excluding hydrogens is 314 g/mol. The maximum atomic E-state index is 12.6. The van der Waals surface area contributed by atoms with E-state index in [0.29, 0.717) is 11.7 Å². The van der Waals surface area contributed by atoms with Crippen LogP contribution in [0.1, 0.15) is 62.9 Å². The van der Waals surface area contributed by atoms with Crippen molar-refractivity contribution in [2.45, 2.75) is 65.0 Å². The van der Waals surface area contributed by atoms with Crippen LogP contribution in [0.4, 0.5) is 0 Å². The molecule has 1 unspecified atom stereocenters. The van der Waals surface area contributed by atoms with Gasteiger partial charge in [-0.05, 0) is 39.2 Å². The van der Waals surface area contributed by atoms with Gasteiger partial charge in [0.05, 0.1) is 11.8 Å². The summed E-state index contributed by atoms with van der Waals surface area (Å²) in [6, 6.07) is 4.50. The van der Waals surface area contributed by atoms with Gasteiger partial charge in [-0.25, -0.2) is 0 Å². The fourth-order valence-electron chi connectivity index (χ4n) is 3.79. The second kappa shape index (κ2) is 8.56. The van der Waals surface area contributed by atoms with Crippen molar-refractivity contribution >= 4 is 17.0 Å². The Labute approximate surface area is 150 Å². The van der Waals surface area contributed by atoms with E-state index in [0.717, 1.165) is 50.0 Å². The van der Waals surface area contributed by atoms with Crippen molar-refractivity contribution < 1.29 is 9.21 Å². The van der Waals surface area contributed by atoms with Crippen molar-refractivity contribution in [2.75, 3.05) is 19.6 Å². The molecule has 0 aliphatic carbocycles. The molecule has 0 aromatic carbocycles. The quantitative estimate of drug-likeness (QED) is 0.735. The van der Waals surface area contributed by atoms with Gasteiger partial charge in [0, 0.05) is 37.8 Å². The fourth-order valence-corrected chi connectivity index (χ4v) is 3.79. The molecule has 2 aromatic heterocycles. The van der Waals surface area contributed by atoms with Crippen molar-refractivity contribution in [3.05, 3.63) is 24.1 Å². The maximum Gasteiger partial charge on any atom is 0.268 e. The molecule has 1 N–H and O–H groups in total. The minimum Gasteiger partial charge on any atom is -0.463 e. The molecular formula is C20H31N3O2. The highest BCUT2D eigenvalue weighted by molar-refractivity contribution is 5.97. The number of fused-ring (bicyclic) bond motifs is 1. The van der Waals surface area contributed by atoms with Crippen LogP contribution in [-0.4, -0.2) is 41.1 Å². The smallest absolute Gasteiger partial charge is 0.268 e. The van der Waals surface area contributed by atoms with Gasteiger partial charge in [0.2, 0.25) is 0 Å². The molecule has 1 amide bonds. The molecule has 1 aliphatic rings. The van der Waals surface area contributed by atoms with Crippen LogP contribution < -0.4 is 5.32 Å². The van der Waals surface area contributed by atoms with E-state index < -0.39 is 0 Å². The van der Waals surface area contributed by atoms with Crippen molar-refractivity contribution in [2.24, 2.45) is 0 Å². The van der Waals surface area contributed by atoms with Gasteiger partial charge in [0.15, 0.2) is 5.58 Å². The topological polar surface area (TPSA) is 50.4 Å². The van der Waals surface area contributed by atoms with Crippen molar-refractivity contribution in [3.8, 4) is 0 Å². The Morgan fingerprint density at radius 1 is 1.32 bits per heavy atom. The number of piperidine rings is 1. The Balaban J connectivity index is 1.54. The molecule has 0 spiro atoms. The number of nitrogens with one attached hydrogen (secondary N) is 1.